The summed E-state index contributed by atoms with van der Waals surface area (Å²) in [5.74, 6) is 0. The standard InChI is InChI=1S/C14H8Cl5F/c15-11-5-1-9(2-6-11)13(20,14(17,18)19)10-3-7-12(16)8-4-10/h1-8H. The highest BCUT2D eigenvalue weighted by molar-refractivity contribution is 6.68. The van der Waals surface area contributed by atoms with Gasteiger partial charge in [0.25, 0.3) is 0 Å². The number of benzene rings is 2. The Balaban J connectivity index is 2.62. The summed E-state index contributed by atoms with van der Waals surface area (Å²) >= 11 is 29.2. The van der Waals surface area contributed by atoms with E-state index < -0.39 is 9.46 Å². The van der Waals surface area contributed by atoms with Crippen molar-refractivity contribution in [1.29, 1.82) is 0 Å². The fourth-order valence-corrected chi connectivity index (χ4v) is 2.76. The van der Waals surface area contributed by atoms with E-state index in [0.29, 0.717) is 10.0 Å². The molecule has 0 amide bonds. The van der Waals surface area contributed by atoms with Crippen LogP contribution in [0, 0.1) is 0 Å². The zero-order valence-corrected chi connectivity index (χ0v) is 13.7. The van der Waals surface area contributed by atoms with Gasteiger partial charge in [0.15, 0.2) is 0 Å². The molecule has 0 unspecified atom stereocenters. The summed E-state index contributed by atoms with van der Waals surface area (Å²) in [5, 5.41) is 0.938. The van der Waals surface area contributed by atoms with Gasteiger partial charge >= 0.3 is 0 Å². The Hall–Kier alpha value is -0.180. The topological polar surface area (TPSA) is 0 Å². The molecule has 0 nitrogen and oxygen atoms in total. The third-order valence-electron chi connectivity index (χ3n) is 2.87. The first-order valence-electron chi connectivity index (χ1n) is 5.53. The smallest absolute Gasteiger partial charge is 0.229 e. The predicted molar refractivity (Wildman–Crippen MR) is 85.1 cm³/mol. The molecule has 0 aliphatic carbocycles. The quantitative estimate of drug-likeness (QED) is 0.523. The Kier molecular flexibility index (Phi) is 4.78. The predicted octanol–water partition coefficient (Wildman–Crippen LogP) is 6.58. The van der Waals surface area contributed by atoms with E-state index >= 15 is 4.39 Å². The minimum Gasteiger partial charge on any atom is -0.229 e. The van der Waals surface area contributed by atoms with Crippen LogP contribution in [0.4, 0.5) is 4.39 Å². The van der Waals surface area contributed by atoms with Crippen molar-refractivity contribution in [2.24, 2.45) is 0 Å². The first-order valence-corrected chi connectivity index (χ1v) is 7.42. The Labute approximate surface area is 141 Å². The Morgan fingerprint density at radius 2 is 0.950 bits per heavy atom. The van der Waals surface area contributed by atoms with Crippen molar-refractivity contribution in [3.05, 3.63) is 69.7 Å². The van der Waals surface area contributed by atoms with Crippen molar-refractivity contribution in [1.82, 2.24) is 0 Å². The number of rotatable bonds is 2. The number of hydrogen-bond donors (Lipinski definition) is 0. The van der Waals surface area contributed by atoms with Gasteiger partial charge in [0, 0.05) is 10.0 Å². The summed E-state index contributed by atoms with van der Waals surface area (Å²) in [6.07, 6.45) is 0. The molecule has 0 spiro atoms. The van der Waals surface area contributed by atoms with Crippen LogP contribution in [0.5, 0.6) is 0 Å². The molecule has 2 aromatic carbocycles. The van der Waals surface area contributed by atoms with Crippen molar-refractivity contribution in [3.63, 3.8) is 0 Å². The van der Waals surface area contributed by atoms with Crippen LogP contribution in [0.2, 0.25) is 10.0 Å². The summed E-state index contributed by atoms with van der Waals surface area (Å²) in [6.45, 7) is 0. The zero-order valence-electron chi connectivity index (χ0n) is 9.89. The van der Waals surface area contributed by atoms with Crippen LogP contribution in [0.1, 0.15) is 11.1 Å². The van der Waals surface area contributed by atoms with E-state index in [0.717, 1.165) is 0 Å². The summed E-state index contributed by atoms with van der Waals surface area (Å²) in [4.78, 5) is 0. The van der Waals surface area contributed by atoms with E-state index in [4.69, 9.17) is 58.0 Å². The lowest BCUT2D eigenvalue weighted by atomic mass is 9.89. The lowest BCUT2D eigenvalue weighted by Crippen LogP contribution is -2.36. The zero-order chi connectivity index (χ0) is 15.0. The van der Waals surface area contributed by atoms with Crippen LogP contribution >= 0.6 is 58.0 Å². The van der Waals surface area contributed by atoms with Gasteiger partial charge < -0.3 is 0 Å². The van der Waals surface area contributed by atoms with Gasteiger partial charge in [-0.3, -0.25) is 0 Å². The fourth-order valence-electron chi connectivity index (χ4n) is 1.85. The third-order valence-corrected chi connectivity index (χ3v) is 4.16. The molecule has 2 aromatic rings. The molecule has 0 bridgehead atoms. The van der Waals surface area contributed by atoms with E-state index in [9.17, 15) is 0 Å². The molecule has 0 saturated heterocycles. The van der Waals surface area contributed by atoms with Gasteiger partial charge in [-0.2, -0.15) is 0 Å². The van der Waals surface area contributed by atoms with Crippen molar-refractivity contribution in [2.45, 2.75) is 9.46 Å². The van der Waals surface area contributed by atoms with Crippen LogP contribution in [0.3, 0.4) is 0 Å². The van der Waals surface area contributed by atoms with E-state index in [1.54, 1.807) is 0 Å². The van der Waals surface area contributed by atoms with Gasteiger partial charge in [-0.25, -0.2) is 4.39 Å². The SMILES string of the molecule is FC(c1ccc(Cl)cc1)(c1ccc(Cl)cc1)C(Cl)(Cl)Cl. The van der Waals surface area contributed by atoms with Crippen LogP contribution < -0.4 is 0 Å². The summed E-state index contributed by atoms with van der Waals surface area (Å²) in [6, 6.07) is 12.1. The Morgan fingerprint density at radius 1 is 0.650 bits per heavy atom. The maximum absolute atomic E-state index is 15.5. The van der Waals surface area contributed by atoms with E-state index in [2.05, 4.69) is 0 Å². The molecule has 0 saturated carbocycles. The van der Waals surface area contributed by atoms with Crippen molar-refractivity contribution in [2.75, 3.05) is 0 Å². The minimum absolute atomic E-state index is 0.198. The van der Waals surface area contributed by atoms with Gasteiger partial charge in [0.1, 0.15) is 0 Å². The van der Waals surface area contributed by atoms with Crippen LogP contribution in [-0.4, -0.2) is 3.79 Å². The summed E-state index contributed by atoms with van der Waals surface area (Å²) in [5.41, 5.74) is -1.92. The van der Waals surface area contributed by atoms with Crippen LogP contribution in [0.15, 0.2) is 48.5 Å². The van der Waals surface area contributed by atoms with Gasteiger partial charge in [-0.05, 0) is 35.4 Å². The lowest BCUT2D eigenvalue weighted by molar-refractivity contribution is 0.227. The Bertz CT molecular complexity index is 541. The third kappa shape index (κ3) is 3.03. The molecule has 0 N–H and O–H groups in total. The van der Waals surface area contributed by atoms with Gasteiger partial charge in [-0.15, -0.1) is 0 Å². The molecule has 0 aliphatic rings. The largest absolute Gasteiger partial charge is 0.232 e. The highest BCUT2D eigenvalue weighted by Gasteiger charge is 2.52. The molecule has 0 radical (unpaired) electrons. The van der Waals surface area contributed by atoms with Crippen LogP contribution in [-0.2, 0) is 5.67 Å². The van der Waals surface area contributed by atoms with E-state index in [1.807, 2.05) is 0 Å². The number of hydrogen-bond acceptors (Lipinski definition) is 0. The first-order chi connectivity index (χ1) is 9.25. The second-order valence-electron chi connectivity index (χ2n) is 4.17. The van der Waals surface area contributed by atoms with Gasteiger partial charge in [-0.1, -0.05) is 82.3 Å². The lowest BCUT2D eigenvalue weighted by Gasteiger charge is -2.33. The summed E-state index contributed by atoms with van der Waals surface area (Å²) < 4.78 is 13.4. The fraction of sp³-hybridized carbons (Fsp3) is 0.143. The Morgan fingerprint density at radius 3 is 1.20 bits per heavy atom. The first kappa shape index (κ1) is 16.2. The molecule has 2 rings (SSSR count). The second kappa shape index (κ2) is 5.90. The molecule has 6 heteroatoms. The average Bonchev–Trinajstić information content (AvgIpc) is 2.38. The monoisotopic (exact) mass is 370 g/mol. The molecular formula is C14H8Cl5F. The van der Waals surface area contributed by atoms with Gasteiger partial charge in [0.2, 0.25) is 9.46 Å². The number of halogens is 6. The molecule has 0 aromatic heterocycles. The molecular weight excluding hydrogens is 364 g/mol. The van der Waals surface area contributed by atoms with Crippen LogP contribution in [0.25, 0.3) is 0 Å². The number of alkyl halides is 4. The molecule has 0 aliphatic heterocycles. The summed E-state index contributed by atoms with van der Waals surface area (Å²) in [7, 11) is 0. The van der Waals surface area contributed by atoms with E-state index in [1.165, 1.54) is 48.5 Å². The highest BCUT2D eigenvalue weighted by Crippen LogP contribution is 2.52. The minimum atomic E-state index is -2.31. The van der Waals surface area contributed by atoms with Crippen molar-refractivity contribution < 1.29 is 4.39 Å². The highest BCUT2D eigenvalue weighted by atomic mass is 35.6. The molecule has 0 atom stereocenters. The average molecular weight is 372 g/mol. The molecule has 20 heavy (non-hydrogen) atoms. The van der Waals surface area contributed by atoms with E-state index in [-0.39, 0.29) is 11.1 Å². The van der Waals surface area contributed by atoms with Crippen molar-refractivity contribution >= 4 is 58.0 Å². The van der Waals surface area contributed by atoms with Crippen molar-refractivity contribution in [3.8, 4) is 0 Å². The maximum Gasteiger partial charge on any atom is 0.232 e. The molecule has 0 fully saturated rings. The maximum atomic E-state index is 15.5. The van der Waals surface area contributed by atoms with Gasteiger partial charge in [0.05, 0.1) is 0 Å². The molecule has 106 valence electrons. The normalized spacial score (nSPS) is 12.5. The second-order valence-corrected chi connectivity index (χ2v) is 7.32. The molecule has 0 heterocycles.